The van der Waals surface area contributed by atoms with Crippen molar-refractivity contribution < 1.29 is 48.9 Å². The minimum absolute atomic E-state index is 0.0127. The van der Waals surface area contributed by atoms with E-state index in [1.54, 1.807) is 0 Å². The Morgan fingerprint density at radius 3 is 2.56 bits per heavy atom. The van der Waals surface area contributed by atoms with Crippen LogP contribution in [0, 0.1) is 0 Å². The molecule has 8 N–H and O–H groups in total. The van der Waals surface area contributed by atoms with Crippen molar-refractivity contribution in [2.24, 2.45) is 5.16 Å². The SMILES string of the molecule is CC(C)(O/N=C(\C(=O)N[C@@H]1C(=O)N2C(C(=O)O)=C(C[N+]3(CCNC(=S)c4ccc(O)c(O)c4Cl)CCCC3)CS[C@H]12)c1csc(N)n1)C(=O)O. The normalized spacial score (nSPS) is 20.2. The van der Waals surface area contributed by atoms with Gasteiger partial charge < -0.3 is 46.1 Å². The number of aromatic nitrogens is 1. The highest BCUT2D eigenvalue weighted by Gasteiger charge is 2.55. The number of phenolic OH excluding ortho intramolecular Hbond substituents is 2. The van der Waals surface area contributed by atoms with E-state index in [-0.39, 0.29) is 32.3 Å². The number of thiazole rings is 1. The van der Waals surface area contributed by atoms with Gasteiger partial charge in [-0.15, -0.1) is 23.1 Å². The van der Waals surface area contributed by atoms with E-state index < -0.39 is 52.2 Å². The number of aliphatic carboxylic acids is 2. The van der Waals surface area contributed by atoms with Gasteiger partial charge in [0.25, 0.3) is 11.8 Å². The number of nitrogens with two attached hydrogens (primary N) is 1. The van der Waals surface area contributed by atoms with Crippen LogP contribution < -0.4 is 16.4 Å². The first-order valence-electron chi connectivity index (χ1n) is 15.3. The smallest absolute Gasteiger partial charge is 0.352 e. The summed E-state index contributed by atoms with van der Waals surface area (Å²) in [6, 6.07) is 1.70. The number of hydrogen-bond acceptors (Lipinski definition) is 13. The molecule has 2 aromatic rings. The molecule has 3 aliphatic heterocycles. The van der Waals surface area contributed by atoms with Gasteiger partial charge in [-0.05, 0) is 26.0 Å². The zero-order chi connectivity index (χ0) is 36.5. The number of halogens is 1. The fourth-order valence-corrected chi connectivity index (χ4v) is 8.38. The molecule has 5 rings (SSSR count). The summed E-state index contributed by atoms with van der Waals surface area (Å²) in [6.45, 7) is 5.45. The highest BCUT2D eigenvalue weighted by Crippen LogP contribution is 2.41. The van der Waals surface area contributed by atoms with Gasteiger partial charge in [-0.1, -0.05) is 29.0 Å². The predicted molar refractivity (Wildman–Crippen MR) is 189 cm³/mol. The lowest BCUT2D eigenvalue weighted by Gasteiger charge is -2.50. The molecule has 50 heavy (non-hydrogen) atoms. The van der Waals surface area contributed by atoms with E-state index in [0.29, 0.717) is 41.0 Å². The van der Waals surface area contributed by atoms with Crippen LogP contribution in [0.5, 0.6) is 11.5 Å². The van der Waals surface area contributed by atoms with Gasteiger partial charge in [-0.25, -0.2) is 14.6 Å². The Morgan fingerprint density at radius 2 is 1.94 bits per heavy atom. The maximum Gasteiger partial charge on any atom is 0.352 e. The Bertz CT molecular complexity index is 1810. The van der Waals surface area contributed by atoms with E-state index in [0.717, 1.165) is 37.3 Å². The summed E-state index contributed by atoms with van der Waals surface area (Å²) >= 11 is 14.0. The second-order valence-electron chi connectivity index (χ2n) is 12.5. The quantitative estimate of drug-likeness (QED) is 0.0384. The summed E-state index contributed by atoms with van der Waals surface area (Å²) in [4.78, 5) is 61.7. The number of phenols is 2. The number of aromatic hydroxyl groups is 2. The minimum Gasteiger partial charge on any atom is -0.504 e. The number of amides is 2. The standard InChI is InChI=1S/C30H34ClN7O9S3/c1-30(2,28(45)46)47-36-19(16-13-50-29(32)34-16)23(41)35-20-25(42)37-21(27(43)44)14(12-49-26(20)37)11-38(8-3-4-9-38)10-7-33-24(48)15-5-6-17(39)22(40)18(15)31/h5-6,13,20,26H,3-4,7-12H2,1-2H3,(H7-,32,33,34,35,36,39,40,41,43,44,45,46,48)/p+1/t20-,26-/m1/s1. The Kier molecular flexibility index (Phi) is 10.8. The lowest BCUT2D eigenvalue weighted by molar-refractivity contribution is -0.911. The van der Waals surface area contributed by atoms with E-state index in [9.17, 15) is 39.6 Å². The molecule has 2 saturated heterocycles. The monoisotopic (exact) mass is 768 g/mol. The number of likely N-dealkylation sites (tertiary alicyclic amines) is 1. The van der Waals surface area contributed by atoms with Crippen LogP contribution in [0.2, 0.25) is 5.02 Å². The van der Waals surface area contributed by atoms with E-state index in [4.69, 9.17) is 34.4 Å². The number of nitrogens with one attached hydrogen (secondary N) is 2. The van der Waals surface area contributed by atoms with Crippen LogP contribution in [-0.4, -0.2) is 125 Å². The number of fused-ring (bicyclic) bond motifs is 1. The molecule has 0 aliphatic carbocycles. The average molecular weight is 769 g/mol. The van der Waals surface area contributed by atoms with Gasteiger partial charge in [-0.3, -0.25) is 14.5 Å². The highest BCUT2D eigenvalue weighted by atomic mass is 35.5. The third kappa shape index (κ3) is 7.46. The van der Waals surface area contributed by atoms with Crippen molar-refractivity contribution in [2.75, 3.05) is 44.2 Å². The fraction of sp³-hybridized carbons (Fsp3) is 0.433. The first-order valence-corrected chi connectivity index (χ1v) is 18.0. The predicted octanol–water partition coefficient (Wildman–Crippen LogP) is 1.69. The summed E-state index contributed by atoms with van der Waals surface area (Å²) in [7, 11) is 0. The number of benzene rings is 1. The Hall–Kier alpha value is -4.17. The van der Waals surface area contributed by atoms with Crippen LogP contribution in [0.15, 0.2) is 33.9 Å². The molecular weight excluding hydrogens is 734 g/mol. The number of hydrogen-bond donors (Lipinski definition) is 7. The number of carbonyl (C=O) groups excluding carboxylic acids is 2. The Labute approximate surface area is 304 Å². The van der Waals surface area contributed by atoms with Crippen molar-refractivity contribution in [3.05, 3.63) is 45.1 Å². The van der Waals surface area contributed by atoms with Crippen LogP contribution in [0.4, 0.5) is 5.13 Å². The molecule has 0 saturated carbocycles. The third-order valence-electron chi connectivity index (χ3n) is 8.65. The van der Waals surface area contributed by atoms with Gasteiger partial charge in [0.1, 0.15) is 34.3 Å². The average Bonchev–Trinajstić information content (AvgIpc) is 3.71. The lowest BCUT2D eigenvalue weighted by Crippen LogP contribution is -2.71. The summed E-state index contributed by atoms with van der Waals surface area (Å²) in [5.41, 5.74) is 4.40. The Balaban J connectivity index is 1.29. The second-order valence-corrected chi connectivity index (χ2v) is 15.2. The zero-order valence-electron chi connectivity index (χ0n) is 26.8. The molecule has 268 valence electrons. The van der Waals surface area contributed by atoms with E-state index in [1.165, 1.54) is 48.0 Å². The van der Waals surface area contributed by atoms with E-state index in [2.05, 4.69) is 20.8 Å². The molecule has 16 nitrogen and oxygen atoms in total. The van der Waals surface area contributed by atoms with Crippen molar-refractivity contribution in [2.45, 2.75) is 43.7 Å². The summed E-state index contributed by atoms with van der Waals surface area (Å²) in [5.74, 6) is -4.61. The van der Waals surface area contributed by atoms with Crippen molar-refractivity contribution in [3.63, 3.8) is 0 Å². The molecule has 2 atom stereocenters. The van der Waals surface area contributed by atoms with Gasteiger partial charge >= 0.3 is 11.9 Å². The molecule has 2 amide bonds. The second kappa shape index (κ2) is 14.6. The number of carboxylic acids is 2. The van der Waals surface area contributed by atoms with Gasteiger partial charge in [0, 0.05) is 35.1 Å². The molecule has 1 aromatic heterocycles. The van der Waals surface area contributed by atoms with Crippen LogP contribution in [0.3, 0.4) is 0 Å². The van der Waals surface area contributed by atoms with Crippen molar-refractivity contribution in [3.8, 4) is 11.5 Å². The lowest BCUT2D eigenvalue weighted by atomic mass is 10.0. The Morgan fingerprint density at radius 1 is 1.24 bits per heavy atom. The minimum atomic E-state index is -1.78. The topological polar surface area (TPSA) is 237 Å². The fourth-order valence-electron chi connectivity index (χ4n) is 5.92. The third-order valence-corrected chi connectivity index (χ3v) is 11.4. The van der Waals surface area contributed by atoms with Crippen LogP contribution in [0.25, 0.3) is 0 Å². The summed E-state index contributed by atoms with van der Waals surface area (Å²) in [5, 5.41) is 49.6. The summed E-state index contributed by atoms with van der Waals surface area (Å²) in [6.07, 6.45) is 1.87. The van der Waals surface area contributed by atoms with Gasteiger partial charge in [0.05, 0.1) is 31.2 Å². The number of oxime groups is 1. The molecule has 0 spiro atoms. The molecule has 2 fully saturated rings. The largest absolute Gasteiger partial charge is 0.504 e. The zero-order valence-corrected chi connectivity index (χ0v) is 30.0. The molecule has 3 aliphatic rings. The number of anilines is 1. The first-order chi connectivity index (χ1) is 23.5. The van der Waals surface area contributed by atoms with Crippen molar-refractivity contribution >= 4 is 86.5 Å². The molecule has 0 bridgehead atoms. The molecule has 4 heterocycles. The molecular formula is C30H35ClN7O9S3+. The molecule has 20 heteroatoms. The summed E-state index contributed by atoms with van der Waals surface area (Å²) < 4.78 is 0.562. The maximum absolute atomic E-state index is 13.5. The number of nitrogens with zero attached hydrogens (tertiary/aromatic N) is 4. The number of β-lactam (4-membered cyclic amide) rings is 1. The number of rotatable bonds is 13. The van der Waals surface area contributed by atoms with E-state index >= 15 is 0 Å². The number of quaternary nitrogens is 1. The van der Waals surface area contributed by atoms with Gasteiger partial charge in [0.15, 0.2) is 22.3 Å². The van der Waals surface area contributed by atoms with Crippen molar-refractivity contribution in [1.29, 1.82) is 0 Å². The van der Waals surface area contributed by atoms with Gasteiger partial charge in [0.2, 0.25) is 5.60 Å². The van der Waals surface area contributed by atoms with Gasteiger partial charge in [-0.2, -0.15) is 0 Å². The van der Waals surface area contributed by atoms with Crippen LogP contribution in [0.1, 0.15) is 37.9 Å². The number of thioether (sulfide) groups is 1. The van der Waals surface area contributed by atoms with Crippen molar-refractivity contribution in [1.82, 2.24) is 20.5 Å². The first kappa shape index (κ1) is 37.1. The highest BCUT2D eigenvalue weighted by molar-refractivity contribution is 8.00. The number of thiocarbonyl (C=S) groups is 1. The van der Waals surface area contributed by atoms with E-state index in [1.807, 2.05) is 0 Å². The molecule has 0 unspecified atom stereocenters. The number of carboxylic acid groups (broad SMARTS) is 2. The molecule has 0 radical (unpaired) electrons. The number of carbonyl (C=O) groups is 4. The maximum atomic E-state index is 13.5. The number of nitrogen functional groups attached to an aromatic ring is 1. The molecule has 1 aromatic carbocycles. The van der Waals surface area contributed by atoms with Crippen LogP contribution >= 0.6 is 46.9 Å². The van der Waals surface area contributed by atoms with Crippen LogP contribution in [-0.2, 0) is 24.0 Å².